The number of pyridine rings is 1. The van der Waals surface area contributed by atoms with E-state index in [4.69, 9.17) is 5.26 Å². The van der Waals surface area contributed by atoms with Gasteiger partial charge in [0.1, 0.15) is 77.2 Å². The summed E-state index contributed by atoms with van der Waals surface area (Å²) in [6, 6.07) is 15.9. The van der Waals surface area contributed by atoms with Gasteiger partial charge in [0, 0.05) is 56.8 Å². The van der Waals surface area contributed by atoms with Crippen LogP contribution < -0.4 is 0 Å². The van der Waals surface area contributed by atoms with Gasteiger partial charge in [0.05, 0.1) is 22.3 Å². The van der Waals surface area contributed by atoms with E-state index in [0.29, 0.717) is 12.1 Å². The van der Waals surface area contributed by atoms with Crippen molar-refractivity contribution in [2.24, 2.45) is 0 Å². The molecule has 0 saturated carbocycles. The molecule has 46 heavy (non-hydrogen) atoms. The molecule has 0 amide bonds. The lowest BCUT2D eigenvalue weighted by molar-refractivity contribution is 0.583. The van der Waals surface area contributed by atoms with Gasteiger partial charge in [-0.3, -0.25) is 0 Å². The Bertz CT molecular complexity index is 2460. The fourth-order valence-corrected chi connectivity index (χ4v) is 5.41. The van der Waals surface area contributed by atoms with Gasteiger partial charge in [0.15, 0.2) is 0 Å². The van der Waals surface area contributed by atoms with Gasteiger partial charge < -0.3 is 0 Å². The van der Waals surface area contributed by atoms with Crippen LogP contribution in [-0.2, 0) is 0 Å². The first-order valence-corrected chi connectivity index (χ1v) is 12.4. The van der Waals surface area contributed by atoms with Crippen molar-refractivity contribution < 1.29 is 17.6 Å². The minimum Gasteiger partial charge on any atom is -0.227 e. The molecule has 1 heterocycles. The molecule has 2 aromatic carbocycles. The molecule has 0 spiro atoms. The third-order valence-corrected chi connectivity index (χ3v) is 7.18. The predicted octanol–water partition coefficient (Wildman–Crippen LogP) is 5.88. The third-order valence-electron chi connectivity index (χ3n) is 7.18. The fourth-order valence-electron chi connectivity index (χ4n) is 5.41. The summed E-state index contributed by atoms with van der Waals surface area (Å²) in [5, 5.41) is 78.5. The van der Waals surface area contributed by atoms with Gasteiger partial charge >= 0.3 is 0 Å². The number of hydrogen-bond acceptors (Lipinski definition) is 9. The average molecular weight is 603 g/mol. The highest BCUT2D eigenvalue weighted by molar-refractivity contribution is 6.30. The highest BCUT2D eigenvalue weighted by atomic mass is 19.1. The summed E-state index contributed by atoms with van der Waals surface area (Å²) in [7, 11) is 0. The Kier molecular flexibility index (Phi) is 7.17. The van der Waals surface area contributed by atoms with Crippen LogP contribution in [-0.4, -0.2) is 4.98 Å². The lowest BCUT2D eigenvalue weighted by Gasteiger charge is -2.13. The topological polar surface area (TPSA) is 203 Å². The second kappa shape index (κ2) is 11.1. The molecule has 0 aliphatic heterocycles. The second-order valence-electron chi connectivity index (χ2n) is 9.29. The maximum absolute atomic E-state index is 16.9. The van der Waals surface area contributed by atoms with Gasteiger partial charge in [-0.1, -0.05) is 0 Å². The van der Waals surface area contributed by atoms with Crippen molar-refractivity contribution in [3.8, 4) is 48.6 Å². The van der Waals surface area contributed by atoms with E-state index in [1.807, 2.05) is 0 Å². The van der Waals surface area contributed by atoms with Crippen molar-refractivity contribution in [2.75, 3.05) is 0 Å². The summed E-state index contributed by atoms with van der Waals surface area (Å²) in [5.41, 5.74) is -8.64. The average Bonchev–Trinajstić information content (AvgIpc) is 3.56. The molecule has 0 bridgehead atoms. The summed E-state index contributed by atoms with van der Waals surface area (Å²) in [6.07, 6.45) is 0.822. The van der Waals surface area contributed by atoms with Crippen molar-refractivity contribution in [2.45, 2.75) is 0 Å². The van der Waals surface area contributed by atoms with Gasteiger partial charge in [0.25, 0.3) is 0 Å². The van der Waals surface area contributed by atoms with Crippen LogP contribution in [0.1, 0.15) is 44.5 Å². The first-order chi connectivity index (χ1) is 22.1. The molecule has 0 unspecified atom stereocenters. The molecule has 1 aromatic heterocycles. The van der Waals surface area contributed by atoms with Crippen LogP contribution in [0.3, 0.4) is 0 Å². The zero-order valence-corrected chi connectivity index (χ0v) is 22.4. The van der Waals surface area contributed by atoms with E-state index >= 15 is 8.78 Å². The van der Waals surface area contributed by atoms with Crippen LogP contribution >= 0.6 is 0 Å². The Balaban J connectivity index is 2.03. The van der Waals surface area contributed by atoms with Gasteiger partial charge in [-0.05, 0) is 29.3 Å². The SMILES string of the molecule is N#CC(C#N)=C1C(c2cc(F)c(C#N)cc2F)=C(C#N)c2c1cc1c(c2F)C(C#N)=C(c2cc(F)ncc2C#N)C1=C(C#N)C#N. The van der Waals surface area contributed by atoms with E-state index < -0.39 is 90.2 Å². The van der Waals surface area contributed by atoms with Crippen LogP contribution in [0.15, 0.2) is 41.6 Å². The van der Waals surface area contributed by atoms with Crippen molar-refractivity contribution in [3.63, 3.8) is 0 Å². The summed E-state index contributed by atoms with van der Waals surface area (Å²) in [5.74, 6) is -4.96. The van der Waals surface area contributed by atoms with Gasteiger partial charge in [-0.15, -0.1) is 0 Å². The first-order valence-electron chi connectivity index (χ1n) is 12.4. The van der Waals surface area contributed by atoms with Crippen LogP contribution in [0.25, 0.3) is 33.4 Å². The molecule has 0 N–H and O–H groups in total. The zero-order chi connectivity index (χ0) is 33.4. The maximum atomic E-state index is 16.9. The maximum Gasteiger partial charge on any atom is 0.213 e. The Labute approximate surface area is 256 Å². The number of allylic oxidation sites excluding steroid dienone is 8. The standard InChI is InChI=1S/C33H5F4N9/c34-24-3-19(25(35)1-14(24)5-38)30-23(12-45)32-21(28(30)16(8-41)9-42)2-20-27(15(6-39)7-40)29(22(11-44)31(20)33(32)37)18-4-26(36)46-13-17(18)10-43/h1-4,13H. The molecule has 2 aliphatic rings. The van der Waals surface area contributed by atoms with E-state index in [1.165, 1.54) is 6.07 Å². The molecule has 0 saturated heterocycles. The Morgan fingerprint density at radius 1 is 0.522 bits per heavy atom. The lowest BCUT2D eigenvalue weighted by Crippen LogP contribution is -2.00. The number of hydrogen-bond donors (Lipinski definition) is 0. The van der Waals surface area contributed by atoms with Crippen LogP contribution in [0, 0.1) is 114 Å². The molecule has 0 atom stereocenters. The van der Waals surface area contributed by atoms with E-state index in [2.05, 4.69) is 4.98 Å². The molecule has 3 aromatic rings. The minimum absolute atomic E-state index is 0.312. The van der Waals surface area contributed by atoms with Crippen molar-refractivity contribution in [1.29, 1.82) is 42.1 Å². The summed E-state index contributed by atoms with van der Waals surface area (Å²) >= 11 is 0. The molecule has 210 valence electrons. The molecule has 2 aliphatic carbocycles. The third kappa shape index (κ3) is 4.05. The van der Waals surface area contributed by atoms with Crippen molar-refractivity contribution >= 4 is 33.4 Å². The van der Waals surface area contributed by atoms with Crippen molar-refractivity contribution in [3.05, 3.63) is 110 Å². The van der Waals surface area contributed by atoms with E-state index in [1.54, 1.807) is 42.5 Å². The number of rotatable bonds is 2. The number of nitriles is 8. The normalized spacial score (nSPS) is 12.3. The van der Waals surface area contributed by atoms with Crippen LogP contribution in [0.5, 0.6) is 0 Å². The molecule has 5 rings (SSSR count). The number of halogens is 4. The summed E-state index contributed by atoms with van der Waals surface area (Å²) in [4.78, 5) is 3.39. The van der Waals surface area contributed by atoms with Gasteiger partial charge in [0.2, 0.25) is 5.95 Å². The first kappa shape index (κ1) is 29.7. The Hall–Kier alpha value is -7.81. The number of nitrogens with zero attached hydrogens (tertiary/aromatic N) is 9. The highest BCUT2D eigenvalue weighted by Gasteiger charge is 2.41. The monoisotopic (exact) mass is 603 g/mol. The molecular weight excluding hydrogens is 598 g/mol. The predicted molar refractivity (Wildman–Crippen MR) is 148 cm³/mol. The molecule has 9 nitrogen and oxygen atoms in total. The lowest BCUT2D eigenvalue weighted by atomic mass is 9.88. The number of aromatic nitrogens is 1. The Morgan fingerprint density at radius 2 is 1.02 bits per heavy atom. The summed E-state index contributed by atoms with van der Waals surface area (Å²) in [6.45, 7) is 0. The van der Waals surface area contributed by atoms with E-state index in [9.17, 15) is 45.6 Å². The summed E-state index contributed by atoms with van der Waals surface area (Å²) < 4.78 is 61.3. The fraction of sp³-hybridized carbons (Fsp3) is 0. The molecular formula is C33H5F4N9. The quantitative estimate of drug-likeness (QED) is 0.195. The van der Waals surface area contributed by atoms with Crippen LogP contribution in [0.2, 0.25) is 0 Å². The molecule has 0 radical (unpaired) electrons. The van der Waals surface area contributed by atoms with Crippen molar-refractivity contribution in [1.82, 2.24) is 4.98 Å². The van der Waals surface area contributed by atoms with Gasteiger partial charge in [-0.2, -0.15) is 46.5 Å². The Morgan fingerprint density at radius 3 is 1.48 bits per heavy atom. The molecule has 13 heteroatoms. The molecule has 0 fully saturated rings. The zero-order valence-electron chi connectivity index (χ0n) is 22.4. The number of benzene rings is 2. The second-order valence-corrected chi connectivity index (χ2v) is 9.29. The largest absolute Gasteiger partial charge is 0.227 e. The van der Waals surface area contributed by atoms with Gasteiger partial charge in [-0.25, -0.2) is 18.2 Å². The number of fused-ring (bicyclic) bond motifs is 2. The smallest absolute Gasteiger partial charge is 0.213 e. The van der Waals surface area contributed by atoms with Crippen LogP contribution in [0.4, 0.5) is 17.6 Å². The van der Waals surface area contributed by atoms with E-state index in [-0.39, 0.29) is 22.3 Å². The minimum atomic E-state index is -1.35. The van der Waals surface area contributed by atoms with E-state index in [0.717, 1.165) is 18.3 Å². The highest BCUT2D eigenvalue weighted by Crippen LogP contribution is 2.56.